The van der Waals surface area contributed by atoms with E-state index in [2.05, 4.69) is 26.1 Å². The molecule has 0 fully saturated rings. The predicted octanol–water partition coefficient (Wildman–Crippen LogP) is 3.15. The van der Waals surface area contributed by atoms with E-state index in [-0.39, 0.29) is 17.1 Å². The third-order valence-corrected chi connectivity index (χ3v) is 2.58. The summed E-state index contributed by atoms with van der Waals surface area (Å²) in [5.41, 5.74) is 2.22. The smallest absolute Gasteiger partial charge is 0.221 e. The molecule has 1 N–H and O–H groups in total. The number of carbonyl (C=O) groups excluding carboxylic acids is 2. The number of amides is 1. The summed E-state index contributed by atoms with van der Waals surface area (Å²) in [6, 6.07) is 5.58. The highest BCUT2D eigenvalue weighted by Gasteiger charge is 2.17. The molecular formula is C14H19NO2. The van der Waals surface area contributed by atoms with Gasteiger partial charge in [-0.25, -0.2) is 0 Å². The Kier molecular flexibility index (Phi) is 3.71. The molecule has 0 heterocycles. The third-order valence-electron chi connectivity index (χ3n) is 2.58. The molecule has 0 saturated heterocycles. The Balaban J connectivity index is 3.29. The predicted molar refractivity (Wildman–Crippen MR) is 69.5 cm³/mol. The number of benzene rings is 1. The van der Waals surface area contributed by atoms with E-state index in [1.165, 1.54) is 13.8 Å². The fourth-order valence-corrected chi connectivity index (χ4v) is 1.61. The van der Waals surface area contributed by atoms with Crippen molar-refractivity contribution in [3.63, 3.8) is 0 Å². The van der Waals surface area contributed by atoms with Crippen LogP contribution in [0.15, 0.2) is 18.2 Å². The van der Waals surface area contributed by atoms with Crippen molar-refractivity contribution in [2.45, 2.75) is 40.0 Å². The maximum atomic E-state index is 11.5. The lowest BCUT2D eigenvalue weighted by molar-refractivity contribution is -0.114. The van der Waals surface area contributed by atoms with Crippen molar-refractivity contribution < 1.29 is 9.59 Å². The zero-order valence-electron chi connectivity index (χ0n) is 11.0. The first kappa shape index (κ1) is 13.4. The molecular weight excluding hydrogens is 214 g/mol. The average molecular weight is 233 g/mol. The average Bonchev–Trinajstić information content (AvgIpc) is 2.14. The molecule has 0 saturated carbocycles. The summed E-state index contributed by atoms with van der Waals surface area (Å²) in [7, 11) is 0. The van der Waals surface area contributed by atoms with Gasteiger partial charge in [-0.1, -0.05) is 26.8 Å². The summed E-state index contributed by atoms with van der Waals surface area (Å²) in [6.07, 6.45) is 0. The minimum atomic E-state index is -0.168. The normalized spacial score (nSPS) is 11.1. The number of rotatable bonds is 2. The Hall–Kier alpha value is -1.64. The molecule has 0 atom stereocenters. The van der Waals surface area contributed by atoms with E-state index in [4.69, 9.17) is 0 Å². The van der Waals surface area contributed by atoms with Gasteiger partial charge in [-0.05, 0) is 30.0 Å². The molecule has 3 heteroatoms. The number of ketones is 1. The first-order valence-corrected chi connectivity index (χ1v) is 5.65. The molecule has 0 aromatic heterocycles. The van der Waals surface area contributed by atoms with E-state index in [0.29, 0.717) is 11.3 Å². The second kappa shape index (κ2) is 4.70. The van der Waals surface area contributed by atoms with Crippen molar-refractivity contribution >= 4 is 17.4 Å². The van der Waals surface area contributed by atoms with Crippen molar-refractivity contribution in [2.24, 2.45) is 0 Å². The van der Waals surface area contributed by atoms with Gasteiger partial charge in [0.05, 0.1) is 5.69 Å². The fraction of sp³-hybridized carbons (Fsp3) is 0.429. The minimum Gasteiger partial charge on any atom is -0.326 e. The summed E-state index contributed by atoms with van der Waals surface area (Å²) >= 11 is 0. The van der Waals surface area contributed by atoms with Crippen molar-refractivity contribution in [3.05, 3.63) is 29.3 Å². The highest BCUT2D eigenvalue weighted by Crippen LogP contribution is 2.27. The first-order valence-electron chi connectivity index (χ1n) is 5.65. The topological polar surface area (TPSA) is 46.2 Å². The zero-order chi connectivity index (χ0) is 13.2. The molecule has 0 aliphatic carbocycles. The highest BCUT2D eigenvalue weighted by atomic mass is 16.1. The van der Waals surface area contributed by atoms with Crippen LogP contribution in [0.4, 0.5) is 5.69 Å². The standard InChI is InChI=1S/C14H19NO2/c1-9(16)12-7-6-11(14(3,4)5)8-13(12)15-10(2)17/h6-8H,1-5H3,(H,15,17). The molecule has 0 aliphatic rings. The number of anilines is 1. The Bertz CT molecular complexity index is 456. The molecule has 0 bridgehead atoms. The lowest BCUT2D eigenvalue weighted by Crippen LogP contribution is -2.15. The van der Waals surface area contributed by atoms with Crippen LogP contribution in [-0.4, -0.2) is 11.7 Å². The van der Waals surface area contributed by atoms with Gasteiger partial charge in [0.25, 0.3) is 0 Å². The molecule has 1 aromatic rings. The van der Waals surface area contributed by atoms with Crippen LogP contribution in [0.2, 0.25) is 0 Å². The quantitative estimate of drug-likeness (QED) is 0.798. The molecule has 3 nitrogen and oxygen atoms in total. The SMILES string of the molecule is CC(=O)Nc1cc(C(C)(C)C)ccc1C(C)=O. The van der Waals surface area contributed by atoms with Gasteiger partial charge < -0.3 is 5.32 Å². The first-order chi connectivity index (χ1) is 7.71. The maximum absolute atomic E-state index is 11.5. The van der Waals surface area contributed by atoms with Gasteiger partial charge in [0.2, 0.25) is 5.91 Å². The second-order valence-corrected chi connectivity index (χ2v) is 5.25. The Morgan fingerprint density at radius 3 is 2.12 bits per heavy atom. The van der Waals surface area contributed by atoms with E-state index in [9.17, 15) is 9.59 Å². The third kappa shape index (κ3) is 3.41. The molecule has 0 spiro atoms. The molecule has 92 valence electrons. The van der Waals surface area contributed by atoms with E-state index in [1.807, 2.05) is 12.1 Å². The van der Waals surface area contributed by atoms with Crippen LogP contribution in [0.25, 0.3) is 0 Å². The summed E-state index contributed by atoms with van der Waals surface area (Å²) in [4.78, 5) is 22.6. The fourth-order valence-electron chi connectivity index (χ4n) is 1.61. The molecule has 1 amide bonds. The van der Waals surface area contributed by atoms with Crippen LogP contribution in [0, 0.1) is 0 Å². The van der Waals surface area contributed by atoms with Crippen LogP contribution in [-0.2, 0) is 10.2 Å². The van der Waals surface area contributed by atoms with Gasteiger partial charge in [-0.3, -0.25) is 9.59 Å². The lowest BCUT2D eigenvalue weighted by Gasteiger charge is -2.21. The number of hydrogen-bond acceptors (Lipinski definition) is 2. The summed E-state index contributed by atoms with van der Waals surface area (Å²) in [5.74, 6) is -0.215. The van der Waals surface area contributed by atoms with E-state index in [1.54, 1.807) is 6.07 Å². The van der Waals surface area contributed by atoms with Gasteiger partial charge >= 0.3 is 0 Å². The van der Waals surface area contributed by atoms with Gasteiger partial charge in [-0.2, -0.15) is 0 Å². The van der Waals surface area contributed by atoms with Crippen LogP contribution < -0.4 is 5.32 Å². The minimum absolute atomic E-state index is 0.0114. The molecule has 1 aromatic carbocycles. The number of nitrogens with one attached hydrogen (secondary N) is 1. The molecule has 0 aliphatic heterocycles. The largest absolute Gasteiger partial charge is 0.326 e. The maximum Gasteiger partial charge on any atom is 0.221 e. The Morgan fingerprint density at radius 1 is 1.12 bits per heavy atom. The second-order valence-electron chi connectivity index (χ2n) is 5.25. The van der Waals surface area contributed by atoms with Crippen molar-refractivity contribution in [1.82, 2.24) is 0 Å². The number of Topliss-reactive ketones (excluding diaryl/α,β-unsaturated/α-hetero) is 1. The molecule has 1 rings (SSSR count). The Morgan fingerprint density at radius 2 is 1.71 bits per heavy atom. The molecule has 17 heavy (non-hydrogen) atoms. The Labute approximate surface area is 102 Å². The van der Waals surface area contributed by atoms with Crippen LogP contribution in [0.5, 0.6) is 0 Å². The van der Waals surface area contributed by atoms with Crippen molar-refractivity contribution in [1.29, 1.82) is 0 Å². The monoisotopic (exact) mass is 233 g/mol. The van der Waals surface area contributed by atoms with E-state index < -0.39 is 0 Å². The van der Waals surface area contributed by atoms with E-state index >= 15 is 0 Å². The highest BCUT2D eigenvalue weighted by molar-refractivity contribution is 6.03. The van der Waals surface area contributed by atoms with Gasteiger partial charge in [0.1, 0.15) is 0 Å². The van der Waals surface area contributed by atoms with Crippen LogP contribution in [0.3, 0.4) is 0 Å². The van der Waals surface area contributed by atoms with Crippen molar-refractivity contribution in [2.75, 3.05) is 5.32 Å². The summed E-state index contributed by atoms with van der Waals surface area (Å²) < 4.78 is 0. The lowest BCUT2D eigenvalue weighted by atomic mass is 9.86. The van der Waals surface area contributed by atoms with Crippen LogP contribution in [0.1, 0.15) is 50.5 Å². The number of hydrogen-bond donors (Lipinski definition) is 1. The van der Waals surface area contributed by atoms with Crippen molar-refractivity contribution in [3.8, 4) is 0 Å². The van der Waals surface area contributed by atoms with Crippen LogP contribution >= 0.6 is 0 Å². The van der Waals surface area contributed by atoms with Gasteiger partial charge in [0, 0.05) is 12.5 Å². The summed E-state index contributed by atoms with van der Waals surface area (Å²) in [5, 5.41) is 2.71. The van der Waals surface area contributed by atoms with Gasteiger partial charge in [-0.15, -0.1) is 0 Å². The zero-order valence-corrected chi connectivity index (χ0v) is 11.0. The number of carbonyl (C=O) groups is 2. The molecule has 0 radical (unpaired) electrons. The van der Waals surface area contributed by atoms with Gasteiger partial charge in [0.15, 0.2) is 5.78 Å². The molecule has 0 unspecified atom stereocenters. The summed E-state index contributed by atoms with van der Waals surface area (Å²) in [6.45, 7) is 9.21. The van der Waals surface area contributed by atoms with E-state index in [0.717, 1.165) is 5.56 Å².